The van der Waals surface area contributed by atoms with E-state index in [1.54, 1.807) is 0 Å². The van der Waals surface area contributed by atoms with Gasteiger partial charge in [0, 0.05) is 19.2 Å². The van der Waals surface area contributed by atoms with Crippen LogP contribution in [0.4, 0.5) is 0 Å². The molecule has 0 amide bonds. The Balaban J connectivity index is 1.79. The van der Waals surface area contributed by atoms with Crippen molar-refractivity contribution < 1.29 is 4.52 Å². The topological polar surface area (TPSA) is 38.1 Å². The standard InChI is InChI=1S/C16H22N2O/c1-12(2)8-14-4-6-15(7-5-14)10-17-11-16-9-13(3)19-18-16/h4-7,9,12,17H,8,10-11H2,1-3H3. The van der Waals surface area contributed by atoms with Gasteiger partial charge in [0.25, 0.3) is 0 Å². The largest absolute Gasteiger partial charge is 0.361 e. The zero-order chi connectivity index (χ0) is 13.7. The van der Waals surface area contributed by atoms with Gasteiger partial charge in [0.1, 0.15) is 5.76 Å². The molecule has 0 bridgehead atoms. The molecule has 0 aliphatic carbocycles. The van der Waals surface area contributed by atoms with Crippen LogP contribution in [0.1, 0.15) is 36.4 Å². The molecular weight excluding hydrogens is 236 g/mol. The first-order valence-corrected chi connectivity index (χ1v) is 6.84. The summed E-state index contributed by atoms with van der Waals surface area (Å²) in [5, 5.41) is 7.33. The molecule has 0 fully saturated rings. The van der Waals surface area contributed by atoms with Crippen LogP contribution in [-0.4, -0.2) is 5.16 Å². The molecule has 1 aromatic heterocycles. The first-order chi connectivity index (χ1) is 9.13. The van der Waals surface area contributed by atoms with Crippen LogP contribution in [0.5, 0.6) is 0 Å². The minimum atomic E-state index is 0.708. The normalized spacial score (nSPS) is 11.2. The van der Waals surface area contributed by atoms with Crippen molar-refractivity contribution in [1.82, 2.24) is 10.5 Å². The zero-order valence-corrected chi connectivity index (χ0v) is 11.9. The Morgan fingerprint density at radius 1 is 1.11 bits per heavy atom. The molecule has 1 N–H and O–H groups in total. The lowest BCUT2D eigenvalue weighted by molar-refractivity contribution is 0.388. The Morgan fingerprint density at radius 3 is 2.37 bits per heavy atom. The summed E-state index contributed by atoms with van der Waals surface area (Å²) in [6, 6.07) is 10.8. The monoisotopic (exact) mass is 258 g/mol. The molecule has 0 atom stereocenters. The van der Waals surface area contributed by atoms with Crippen LogP contribution in [0.2, 0.25) is 0 Å². The summed E-state index contributed by atoms with van der Waals surface area (Å²) in [5.41, 5.74) is 3.66. The van der Waals surface area contributed by atoms with Gasteiger partial charge in [0.05, 0.1) is 5.69 Å². The van der Waals surface area contributed by atoms with E-state index >= 15 is 0 Å². The van der Waals surface area contributed by atoms with Crippen molar-refractivity contribution in [3.05, 3.63) is 52.9 Å². The SMILES string of the molecule is Cc1cc(CNCc2ccc(CC(C)C)cc2)no1. The van der Waals surface area contributed by atoms with Gasteiger partial charge in [-0.05, 0) is 30.4 Å². The van der Waals surface area contributed by atoms with Crippen molar-refractivity contribution >= 4 is 0 Å². The van der Waals surface area contributed by atoms with Crippen molar-refractivity contribution in [2.45, 2.75) is 40.3 Å². The van der Waals surface area contributed by atoms with Gasteiger partial charge in [-0.2, -0.15) is 0 Å². The van der Waals surface area contributed by atoms with E-state index in [-0.39, 0.29) is 0 Å². The summed E-state index contributed by atoms with van der Waals surface area (Å²) >= 11 is 0. The fraction of sp³-hybridized carbons (Fsp3) is 0.438. The maximum atomic E-state index is 5.03. The molecule has 1 aromatic carbocycles. The van der Waals surface area contributed by atoms with E-state index in [4.69, 9.17) is 4.52 Å². The molecule has 0 unspecified atom stereocenters. The maximum Gasteiger partial charge on any atom is 0.133 e. The Hall–Kier alpha value is -1.61. The molecule has 0 spiro atoms. The molecule has 3 heteroatoms. The van der Waals surface area contributed by atoms with Crippen LogP contribution in [0.3, 0.4) is 0 Å². The second-order valence-electron chi connectivity index (χ2n) is 5.45. The lowest BCUT2D eigenvalue weighted by Crippen LogP contribution is -2.12. The summed E-state index contributed by atoms with van der Waals surface area (Å²) in [6.07, 6.45) is 1.14. The molecule has 2 rings (SSSR count). The summed E-state index contributed by atoms with van der Waals surface area (Å²) in [5.74, 6) is 1.56. The van der Waals surface area contributed by atoms with Gasteiger partial charge in [-0.25, -0.2) is 0 Å². The van der Waals surface area contributed by atoms with E-state index in [9.17, 15) is 0 Å². The summed E-state index contributed by atoms with van der Waals surface area (Å²) < 4.78 is 5.03. The lowest BCUT2D eigenvalue weighted by atomic mass is 10.0. The van der Waals surface area contributed by atoms with Gasteiger partial charge in [0.2, 0.25) is 0 Å². The molecular formula is C16H22N2O. The number of aromatic nitrogens is 1. The fourth-order valence-corrected chi connectivity index (χ4v) is 2.10. The number of nitrogens with zero attached hydrogens (tertiary/aromatic N) is 1. The smallest absolute Gasteiger partial charge is 0.133 e. The number of nitrogens with one attached hydrogen (secondary N) is 1. The molecule has 0 aliphatic heterocycles. The highest BCUT2D eigenvalue weighted by Gasteiger charge is 2.01. The molecule has 19 heavy (non-hydrogen) atoms. The van der Waals surface area contributed by atoms with Gasteiger partial charge in [-0.1, -0.05) is 43.3 Å². The summed E-state index contributed by atoms with van der Waals surface area (Å²) in [6.45, 7) is 7.99. The maximum absolute atomic E-state index is 5.03. The predicted molar refractivity (Wildman–Crippen MR) is 76.8 cm³/mol. The van der Waals surface area contributed by atoms with Crippen molar-refractivity contribution in [3.8, 4) is 0 Å². The second-order valence-corrected chi connectivity index (χ2v) is 5.45. The first-order valence-electron chi connectivity index (χ1n) is 6.84. The van der Waals surface area contributed by atoms with Gasteiger partial charge >= 0.3 is 0 Å². The van der Waals surface area contributed by atoms with Crippen LogP contribution in [0, 0.1) is 12.8 Å². The number of hydrogen-bond acceptors (Lipinski definition) is 3. The average molecular weight is 258 g/mol. The van der Waals surface area contributed by atoms with E-state index in [0.29, 0.717) is 5.92 Å². The molecule has 3 nitrogen and oxygen atoms in total. The van der Waals surface area contributed by atoms with Gasteiger partial charge in [-0.3, -0.25) is 0 Å². The third-order valence-corrected chi connectivity index (χ3v) is 2.98. The molecule has 2 aromatic rings. The predicted octanol–water partition coefficient (Wildman–Crippen LogP) is 3.47. The number of rotatable bonds is 6. The molecule has 1 heterocycles. The van der Waals surface area contributed by atoms with Crippen LogP contribution < -0.4 is 5.32 Å². The zero-order valence-electron chi connectivity index (χ0n) is 11.9. The molecule has 0 saturated carbocycles. The van der Waals surface area contributed by atoms with Crippen molar-refractivity contribution in [2.24, 2.45) is 5.92 Å². The third kappa shape index (κ3) is 4.52. The Labute approximate surface area is 115 Å². The highest BCUT2D eigenvalue weighted by Crippen LogP contribution is 2.10. The molecule has 0 radical (unpaired) electrons. The van der Waals surface area contributed by atoms with Crippen LogP contribution in [0.25, 0.3) is 0 Å². The molecule has 0 saturated heterocycles. The number of hydrogen-bond donors (Lipinski definition) is 1. The van der Waals surface area contributed by atoms with Crippen molar-refractivity contribution in [3.63, 3.8) is 0 Å². The highest BCUT2D eigenvalue weighted by atomic mass is 16.5. The van der Waals surface area contributed by atoms with Gasteiger partial charge in [0.15, 0.2) is 0 Å². The Bertz CT molecular complexity index is 500. The van der Waals surface area contributed by atoms with E-state index in [0.717, 1.165) is 31.0 Å². The lowest BCUT2D eigenvalue weighted by Gasteiger charge is -2.07. The van der Waals surface area contributed by atoms with Crippen molar-refractivity contribution in [1.29, 1.82) is 0 Å². The van der Waals surface area contributed by atoms with E-state index < -0.39 is 0 Å². The molecule has 0 aliphatic rings. The van der Waals surface area contributed by atoms with Gasteiger partial charge < -0.3 is 9.84 Å². The Morgan fingerprint density at radius 2 is 1.79 bits per heavy atom. The van der Waals surface area contributed by atoms with Gasteiger partial charge in [-0.15, -0.1) is 0 Å². The quantitative estimate of drug-likeness (QED) is 0.862. The fourth-order valence-electron chi connectivity index (χ4n) is 2.10. The van der Waals surface area contributed by atoms with Crippen molar-refractivity contribution in [2.75, 3.05) is 0 Å². The minimum Gasteiger partial charge on any atom is -0.361 e. The summed E-state index contributed by atoms with van der Waals surface area (Å²) in [4.78, 5) is 0. The number of aryl methyl sites for hydroxylation is 1. The highest BCUT2D eigenvalue weighted by molar-refractivity contribution is 5.22. The number of benzene rings is 1. The van der Waals surface area contributed by atoms with Crippen LogP contribution in [0.15, 0.2) is 34.9 Å². The Kier molecular flexibility index (Phi) is 4.74. The molecule has 102 valence electrons. The van der Waals surface area contributed by atoms with Crippen LogP contribution in [-0.2, 0) is 19.5 Å². The minimum absolute atomic E-state index is 0.708. The average Bonchev–Trinajstić information content (AvgIpc) is 2.77. The summed E-state index contributed by atoms with van der Waals surface area (Å²) in [7, 11) is 0. The van der Waals surface area contributed by atoms with Crippen LogP contribution >= 0.6 is 0 Å². The van der Waals surface area contributed by atoms with E-state index in [2.05, 4.69) is 48.6 Å². The van der Waals surface area contributed by atoms with E-state index in [1.807, 2.05) is 13.0 Å². The second kappa shape index (κ2) is 6.53. The first kappa shape index (κ1) is 13.8. The third-order valence-electron chi connectivity index (χ3n) is 2.98. The van der Waals surface area contributed by atoms with E-state index in [1.165, 1.54) is 11.1 Å².